The van der Waals surface area contributed by atoms with Gasteiger partial charge >= 0.3 is 5.97 Å². The first-order valence-corrected chi connectivity index (χ1v) is 10.8. The van der Waals surface area contributed by atoms with E-state index in [-0.39, 0.29) is 17.4 Å². The van der Waals surface area contributed by atoms with E-state index in [0.717, 1.165) is 0 Å². The van der Waals surface area contributed by atoms with E-state index in [4.69, 9.17) is 10.8 Å². The SMILES string of the molecule is NC1CCN(S(=O)(=O)c2ccccc2-c2ccn3ncc(CC(=O)O)c3c2)CC1. The minimum atomic E-state index is -3.67. The van der Waals surface area contributed by atoms with Gasteiger partial charge in [0.15, 0.2) is 0 Å². The van der Waals surface area contributed by atoms with E-state index in [9.17, 15) is 13.2 Å². The van der Waals surface area contributed by atoms with Gasteiger partial charge in [-0.15, -0.1) is 0 Å². The summed E-state index contributed by atoms with van der Waals surface area (Å²) in [7, 11) is -3.67. The molecule has 0 unspecified atom stereocenters. The molecular weight excluding hydrogens is 392 g/mol. The number of piperidine rings is 1. The third-order valence-corrected chi connectivity index (χ3v) is 7.21. The smallest absolute Gasteiger partial charge is 0.307 e. The van der Waals surface area contributed by atoms with Gasteiger partial charge in [0.05, 0.1) is 23.0 Å². The van der Waals surface area contributed by atoms with Crippen LogP contribution in [0.4, 0.5) is 0 Å². The van der Waals surface area contributed by atoms with Crippen LogP contribution in [0.15, 0.2) is 53.7 Å². The van der Waals surface area contributed by atoms with E-state index in [0.29, 0.717) is 48.1 Å². The molecule has 9 heteroatoms. The van der Waals surface area contributed by atoms with Crippen molar-refractivity contribution in [2.45, 2.75) is 30.2 Å². The van der Waals surface area contributed by atoms with Crippen molar-refractivity contribution in [1.82, 2.24) is 13.9 Å². The van der Waals surface area contributed by atoms with Crippen LogP contribution in [0.25, 0.3) is 16.6 Å². The van der Waals surface area contributed by atoms with E-state index < -0.39 is 16.0 Å². The highest BCUT2D eigenvalue weighted by Gasteiger charge is 2.30. The van der Waals surface area contributed by atoms with E-state index in [1.54, 1.807) is 47.1 Å². The van der Waals surface area contributed by atoms with Crippen LogP contribution in [0.5, 0.6) is 0 Å². The fourth-order valence-corrected chi connectivity index (χ4v) is 5.37. The molecule has 0 amide bonds. The minimum Gasteiger partial charge on any atom is -0.481 e. The summed E-state index contributed by atoms with van der Waals surface area (Å²) in [5.74, 6) is -0.948. The van der Waals surface area contributed by atoms with Gasteiger partial charge in [0.25, 0.3) is 0 Å². The van der Waals surface area contributed by atoms with Crippen molar-refractivity contribution in [3.63, 3.8) is 0 Å². The van der Waals surface area contributed by atoms with Crippen LogP contribution in [-0.2, 0) is 21.2 Å². The summed E-state index contributed by atoms with van der Waals surface area (Å²) in [4.78, 5) is 11.4. The highest BCUT2D eigenvalue weighted by molar-refractivity contribution is 7.89. The lowest BCUT2D eigenvalue weighted by Crippen LogP contribution is -2.42. The second-order valence-corrected chi connectivity index (χ2v) is 9.13. The average molecular weight is 414 g/mol. The van der Waals surface area contributed by atoms with Gasteiger partial charge < -0.3 is 10.8 Å². The number of carboxylic acids is 1. The highest BCUT2D eigenvalue weighted by atomic mass is 32.2. The molecule has 1 aliphatic rings. The average Bonchev–Trinajstić information content (AvgIpc) is 3.10. The maximum Gasteiger partial charge on any atom is 0.307 e. The fraction of sp³-hybridized carbons (Fsp3) is 0.300. The van der Waals surface area contributed by atoms with Crippen molar-refractivity contribution < 1.29 is 18.3 Å². The molecule has 3 aromatic rings. The Hall–Kier alpha value is -2.75. The second kappa shape index (κ2) is 7.58. The topological polar surface area (TPSA) is 118 Å². The molecule has 0 aliphatic carbocycles. The number of hydrogen-bond acceptors (Lipinski definition) is 5. The molecule has 0 atom stereocenters. The number of carbonyl (C=O) groups is 1. The van der Waals surface area contributed by atoms with Crippen LogP contribution in [0.2, 0.25) is 0 Å². The summed E-state index contributed by atoms with van der Waals surface area (Å²) >= 11 is 0. The van der Waals surface area contributed by atoms with Gasteiger partial charge in [0.1, 0.15) is 0 Å². The van der Waals surface area contributed by atoms with Gasteiger partial charge in [0.2, 0.25) is 10.0 Å². The Morgan fingerprint density at radius 2 is 1.93 bits per heavy atom. The van der Waals surface area contributed by atoms with Crippen molar-refractivity contribution in [3.05, 3.63) is 54.4 Å². The Balaban J connectivity index is 1.78. The van der Waals surface area contributed by atoms with Gasteiger partial charge in [-0.1, -0.05) is 18.2 Å². The first-order chi connectivity index (χ1) is 13.9. The molecule has 3 N–H and O–H groups in total. The number of sulfonamides is 1. The number of fused-ring (bicyclic) bond motifs is 1. The molecule has 1 aromatic carbocycles. The van der Waals surface area contributed by atoms with Crippen molar-refractivity contribution >= 4 is 21.5 Å². The third-order valence-electron chi connectivity index (χ3n) is 5.26. The van der Waals surface area contributed by atoms with Crippen LogP contribution >= 0.6 is 0 Å². The summed E-state index contributed by atoms with van der Waals surface area (Å²) in [5.41, 5.74) is 8.40. The van der Waals surface area contributed by atoms with E-state index in [1.165, 1.54) is 10.5 Å². The molecule has 152 valence electrons. The molecule has 1 saturated heterocycles. The summed E-state index contributed by atoms with van der Waals surface area (Å²) in [5, 5.41) is 13.3. The Morgan fingerprint density at radius 3 is 2.66 bits per heavy atom. The van der Waals surface area contributed by atoms with Crippen molar-refractivity contribution in [2.75, 3.05) is 13.1 Å². The largest absolute Gasteiger partial charge is 0.481 e. The van der Waals surface area contributed by atoms with Gasteiger partial charge in [-0.2, -0.15) is 9.40 Å². The minimum absolute atomic E-state index is 0.0358. The Kier molecular flexibility index (Phi) is 5.12. The number of aromatic nitrogens is 2. The maximum atomic E-state index is 13.3. The summed E-state index contributed by atoms with van der Waals surface area (Å²) in [6.07, 6.45) is 4.36. The predicted octanol–water partition coefficient (Wildman–Crippen LogP) is 1.74. The van der Waals surface area contributed by atoms with Crippen LogP contribution in [0.1, 0.15) is 18.4 Å². The predicted molar refractivity (Wildman–Crippen MR) is 108 cm³/mol. The third kappa shape index (κ3) is 3.76. The number of pyridine rings is 1. The molecule has 0 saturated carbocycles. The molecule has 2 aromatic heterocycles. The Bertz CT molecular complexity index is 1160. The first kappa shape index (κ1) is 19.6. The normalized spacial score (nSPS) is 16.3. The number of carboxylic acid groups (broad SMARTS) is 1. The van der Waals surface area contributed by atoms with Crippen LogP contribution in [0, 0.1) is 0 Å². The monoisotopic (exact) mass is 414 g/mol. The number of hydrogen-bond donors (Lipinski definition) is 2. The summed E-state index contributed by atoms with van der Waals surface area (Å²) in [6, 6.07) is 10.5. The number of aliphatic carboxylic acids is 1. The van der Waals surface area contributed by atoms with Gasteiger partial charge in [-0.3, -0.25) is 4.79 Å². The van der Waals surface area contributed by atoms with Crippen LogP contribution in [-0.4, -0.2) is 52.5 Å². The number of rotatable bonds is 5. The molecule has 0 bridgehead atoms. The lowest BCUT2D eigenvalue weighted by atomic mass is 10.1. The van der Waals surface area contributed by atoms with Gasteiger partial charge in [-0.05, 0) is 36.6 Å². The van der Waals surface area contributed by atoms with E-state index >= 15 is 0 Å². The molecule has 8 nitrogen and oxygen atoms in total. The number of nitrogens with zero attached hydrogens (tertiary/aromatic N) is 3. The zero-order chi connectivity index (χ0) is 20.6. The standard InChI is InChI=1S/C20H22N4O4S/c21-16-6-8-23(9-7-16)29(27,28)19-4-2-1-3-17(19)14-5-10-24-18(11-14)15(13-22-24)12-20(25)26/h1-5,10-11,13,16H,6-9,12,21H2,(H,25,26). The first-order valence-electron chi connectivity index (χ1n) is 9.39. The number of benzene rings is 1. The second-order valence-electron chi connectivity index (χ2n) is 7.22. The molecule has 0 spiro atoms. The Labute approximate surface area is 168 Å². The lowest BCUT2D eigenvalue weighted by molar-refractivity contribution is -0.136. The van der Waals surface area contributed by atoms with Crippen molar-refractivity contribution in [2.24, 2.45) is 5.73 Å². The zero-order valence-electron chi connectivity index (χ0n) is 15.7. The highest BCUT2D eigenvalue weighted by Crippen LogP contribution is 2.31. The van der Waals surface area contributed by atoms with Gasteiger partial charge in [-0.25, -0.2) is 12.9 Å². The molecule has 1 aliphatic heterocycles. The fourth-order valence-electron chi connectivity index (χ4n) is 3.68. The molecule has 1 fully saturated rings. The Morgan fingerprint density at radius 1 is 1.21 bits per heavy atom. The maximum absolute atomic E-state index is 13.3. The van der Waals surface area contributed by atoms with Crippen molar-refractivity contribution in [1.29, 1.82) is 0 Å². The molecule has 0 radical (unpaired) electrons. The molecular formula is C20H22N4O4S. The molecule has 4 rings (SSSR count). The quantitative estimate of drug-likeness (QED) is 0.657. The van der Waals surface area contributed by atoms with Crippen molar-refractivity contribution in [3.8, 4) is 11.1 Å². The lowest BCUT2D eigenvalue weighted by Gasteiger charge is -2.30. The molecule has 3 heterocycles. The molecule has 29 heavy (non-hydrogen) atoms. The number of nitrogens with two attached hydrogens (primary N) is 1. The van der Waals surface area contributed by atoms with Gasteiger partial charge in [0, 0.05) is 36.5 Å². The van der Waals surface area contributed by atoms with Crippen LogP contribution < -0.4 is 5.73 Å². The summed E-state index contributed by atoms with van der Waals surface area (Å²) < 4.78 is 29.7. The summed E-state index contributed by atoms with van der Waals surface area (Å²) in [6.45, 7) is 0.810. The van der Waals surface area contributed by atoms with E-state index in [1.807, 2.05) is 0 Å². The zero-order valence-corrected chi connectivity index (χ0v) is 16.5. The van der Waals surface area contributed by atoms with E-state index in [2.05, 4.69) is 5.10 Å². The van der Waals surface area contributed by atoms with Crippen LogP contribution in [0.3, 0.4) is 0 Å².